The van der Waals surface area contributed by atoms with Gasteiger partial charge in [0.25, 0.3) is 0 Å². The number of rotatable bonds is 6. The molecule has 62 valence electrons. The Labute approximate surface area is 64.0 Å². The third kappa shape index (κ3) is 6.05. The molecule has 2 heteroatoms. The van der Waals surface area contributed by atoms with Gasteiger partial charge in [0.2, 0.25) is 0 Å². The van der Waals surface area contributed by atoms with E-state index in [1.807, 2.05) is 7.05 Å². The van der Waals surface area contributed by atoms with Crippen molar-refractivity contribution in [3.63, 3.8) is 0 Å². The lowest BCUT2D eigenvalue weighted by atomic mass is 10.3. The van der Waals surface area contributed by atoms with E-state index in [4.69, 9.17) is 4.74 Å². The molecule has 0 amide bonds. The fraction of sp³-hybridized carbons (Fsp3) is 1.00. The van der Waals surface area contributed by atoms with Crippen LogP contribution in [0.4, 0.5) is 0 Å². The maximum Gasteiger partial charge on any atom is 0.0544 e. The molecule has 0 fully saturated rings. The summed E-state index contributed by atoms with van der Waals surface area (Å²) in [6.45, 7) is 6.19. The summed E-state index contributed by atoms with van der Waals surface area (Å²) in [7, 11) is 1.96. The highest BCUT2D eigenvalue weighted by Gasteiger charge is 1.95. The summed E-state index contributed by atoms with van der Waals surface area (Å²) < 4.78 is 5.45. The van der Waals surface area contributed by atoms with Crippen LogP contribution >= 0.6 is 0 Å². The minimum atomic E-state index is 0.428. The van der Waals surface area contributed by atoms with Gasteiger partial charge in [0.15, 0.2) is 0 Å². The lowest BCUT2D eigenvalue weighted by molar-refractivity contribution is 0.0623. The Bertz CT molecular complexity index is 66.3. The van der Waals surface area contributed by atoms with E-state index in [0.717, 1.165) is 26.0 Å². The second-order valence-electron chi connectivity index (χ2n) is 2.55. The van der Waals surface area contributed by atoms with Gasteiger partial charge >= 0.3 is 0 Å². The maximum absolute atomic E-state index is 5.45. The van der Waals surface area contributed by atoms with Crippen LogP contribution in [0.2, 0.25) is 0 Å². The Morgan fingerprint density at radius 2 is 2.20 bits per heavy atom. The van der Waals surface area contributed by atoms with Crippen molar-refractivity contribution in [1.29, 1.82) is 0 Å². The molecule has 0 rings (SSSR count). The van der Waals surface area contributed by atoms with Crippen LogP contribution in [0.15, 0.2) is 0 Å². The fourth-order valence-corrected chi connectivity index (χ4v) is 0.651. The SMILES string of the molecule is CCC(C)OCCCNC. The zero-order valence-electron chi connectivity index (χ0n) is 7.31. The van der Waals surface area contributed by atoms with E-state index in [0.29, 0.717) is 6.10 Å². The third-order valence-electron chi connectivity index (χ3n) is 1.55. The molecule has 0 heterocycles. The molecule has 0 aromatic carbocycles. The van der Waals surface area contributed by atoms with E-state index in [1.54, 1.807) is 0 Å². The molecule has 2 nitrogen and oxygen atoms in total. The van der Waals surface area contributed by atoms with Crippen molar-refractivity contribution < 1.29 is 4.74 Å². The number of hydrogen-bond acceptors (Lipinski definition) is 2. The average Bonchev–Trinajstić information content (AvgIpc) is 1.98. The zero-order chi connectivity index (χ0) is 7.82. The first-order valence-electron chi connectivity index (χ1n) is 4.07. The first-order chi connectivity index (χ1) is 4.81. The molecular formula is C8H19NO. The van der Waals surface area contributed by atoms with E-state index < -0.39 is 0 Å². The van der Waals surface area contributed by atoms with Crippen LogP contribution in [-0.4, -0.2) is 26.3 Å². The highest BCUT2D eigenvalue weighted by Crippen LogP contribution is 1.95. The average molecular weight is 145 g/mol. The molecule has 0 radical (unpaired) electrons. The predicted octanol–water partition coefficient (Wildman–Crippen LogP) is 1.41. The largest absolute Gasteiger partial charge is 0.378 e. The summed E-state index contributed by atoms with van der Waals surface area (Å²) in [5.41, 5.74) is 0. The van der Waals surface area contributed by atoms with Crippen LogP contribution in [0.3, 0.4) is 0 Å². The maximum atomic E-state index is 5.45. The number of nitrogens with one attached hydrogen (secondary N) is 1. The third-order valence-corrected chi connectivity index (χ3v) is 1.55. The summed E-state index contributed by atoms with van der Waals surface area (Å²) in [6, 6.07) is 0. The monoisotopic (exact) mass is 145 g/mol. The topological polar surface area (TPSA) is 21.3 Å². The van der Waals surface area contributed by atoms with Gasteiger partial charge in [0.1, 0.15) is 0 Å². The van der Waals surface area contributed by atoms with Gasteiger partial charge in [-0.15, -0.1) is 0 Å². The highest BCUT2D eigenvalue weighted by atomic mass is 16.5. The van der Waals surface area contributed by atoms with E-state index in [1.165, 1.54) is 0 Å². The zero-order valence-corrected chi connectivity index (χ0v) is 7.31. The van der Waals surface area contributed by atoms with Crippen LogP contribution in [0.25, 0.3) is 0 Å². The van der Waals surface area contributed by atoms with Crippen molar-refractivity contribution in [3.05, 3.63) is 0 Å². The van der Waals surface area contributed by atoms with E-state index >= 15 is 0 Å². The van der Waals surface area contributed by atoms with Gasteiger partial charge in [-0.3, -0.25) is 0 Å². The molecule has 0 aliphatic heterocycles. The predicted molar refractivity (Wildman–Crippen MR) is 44.2 cm³/mol. The normalized spacial score (nSPS) is 13.5. The van der Waals surface area contributed by atoms with Crippen molar-refractivity contribution in [3.8, 4) is 0 Å². The Morgan fingerprint density at radius 1 is 1.50 bits per heavy atom. The van der Waals surface area contributed by atoms with Crippen LogP contribution in [0, 0.1) is 0 Å². The van der Waals surface area contributed by atoms with Crippen LogP contribution in [0.1, 0.15) is 26.7 Å². The summed E-state index contributed by atoms with van der Waals surface area (Å²) in [6.07, 6.45) is 2.65. The van der Waals surface area contributed by atoms with Crippen molar-refractivity contribution in [2.45, 2.75) is 32.8 Å². The summed E-state index contributed by atoms with van der Waals surface area (Å²) in [5.74, 6) is 0. The quantitative estimate of drug-likeness (QED) is 0.571. The van der Waals surface area contributed by atoms with Crippen molar-refractivity contribution >= 4 is 0 Å². The van der Waals surface area contributed by atoms with Gasteiger partial charge in [-0.2, -0.15) is 0 Å². The molecule has 0 spiro atoms. The Morgan fingerprint density at radius 3 is 2.70 bits per heavy atom. The van der Waals surface area contributed by atoms with E-state index in [-0.39, 0.29) is 0 Å². The number of ether oxygens (including phenoxy) is 1. The van der Waals surface area contributed by atoms with E-state index in [2.05, 4.69) is 19.2 Å². The summed E-state index contributed by atoms with van der Waals surface area (Å²) in [4.78, 5) is 0. The molecule has 1 atom stereocenters. The van der Waals surface area contributed by atoms with Gasteiger partial charge in [-0.05, 0) is 33.4 Å². The van der Waals surface area contributed by atoms with Crippen molar-refractivity contribution in [1.82, 2.24) is 5.32 Å². The standard InChI is InChI=1S/C8H19NO/c1-4-8(2)10-7-5-6-9-3/h8-9H,4-7H2,1-3H3. The molecule has 0 saturated heterocycles. The van der Waals surface area contributed by atoms with Crippen LogP contribution in [-0.2, 0) is 4.74 Å². The first kappa shape index (κ1) is 9.92. The Kier molecular flexibility index (Phi) is 6.98. The van der Waals surface area contributed by atoms with Gasteiger partial charge in [-0.1, -0.05) is 6.92 Å². The highest BCUT2D eigenvalue weighted by molar-refractivity contribution is 4.45. The summed E-state index contributed by atoms with van der Waals surface area (Å²) >= 11 is 0. The molecule has 1 N–H and O–H groups in total. The van der Waals surface area contributed by atoms with Gasteiger partial charge in [0.05, 0.1) is 6.10 Å². The minimum absolute atomic E-state index is 0.428. The molecule has 10 heavy (non-hydrogen) atoms. The minimum Gasteiger partial charge on any atom is -0.378 e. The van der Waals surface area contributed by atoms with Gasteiger partial charge in [0, 0.05) is 6.61 Å². The molecule has 0 aromatic heterocycles. The van der Waals surface area contributed by atoms with Gasteiger partial charge in [-0.25, -0.2) is 0 Å². The van der Waals surface area contributed by atoms with Crippen LogP contribution in [0.5, 0.6) is 0 Å². The molecule has 0 aliphatic carbocycles. The van der Waals surface area contributed by atoms with Gasteiger partial charge < -0.3 is 10.1 Å². The molecule has 0 aromatic rings. The molecule has 0 bridgehead atoms. The van der Waals surface area contributed by atoms with Crippen LogP contribution < -0.4 is 5.32 Å². The van der Waals surface area contributed by atoms with Crippen molar-refractivity contribution in [2.75, 3.05) is 20.2 Å². The summed E-state index contributed by atoms with van der Waals surface area (Å²) in [5, 5.41) is 3.08. The van der Waals surface area contributed by atoms with Crippen molar-refractivity contribution in [2.24, 2.45) is 0 Å². The second-order valence-corrected chi connectivity index (χ2v) is 2.55. The second kappa shape index (κ2) is 7.03. The molecule has 1 unspecified atom stereocenters. The fourth-order valence-electron chi connectivity index (χ4n) is 0.651. The smallest absolute Gasteiger partial charge is 0.0544 e. The molecule has 0 aliphatic rings. The Balaban J connectivity index is 2.89. The Hall–Kier alpha value is -0.0800. The lowest BCUT2D eigenvalue weighted by Gasteiger charge is -2.09. The lowest BCUT2D eigenvalue weighted by Crippen LogP contribution is -2.13. The number of hydrogen-bond donors (Lipinski definition) is 1. The first-order valence-corrected chi connectivity index (χ1v) is 4.07. The molecular weight excluding hydrogens is 126 g/mol. The van der Waals surface area contributed by atoms with E-state index in [9.17, 15) is 0 Å². The molecule has 0 saturated carbocycles.